The number of aromatic nitrogens is 2. The van der Waals surface area contributed by atoms with E-state index < -0.39 is 23.5 Å². The molecular weight excluding hydrogens is 444 g/mol. The Kier molecular flexibility index (Phi) is 6.18. The summed E-state index contributed by atoms with van der Waals surface area (Å²) in [6.45, 7) is 1.70. The Bertz CT molecular complexity index is 1130. The lowest BCUT2D eigenvalue weighted by molar-refractivity contribution is -0.138. The van der Waals surface area contributed by atoms with Crippen LogP contribution in [0.3, 0.4) is 0 Å². The molecule has 1 aromatic heterocycles. The molecule has 0 aliphatic carbocycles. The molecule has 0 atom stereocenters. The zero-order chi connectivity index (χ0) is 23.8. The van der Waals surface area contributed by atoms with Crippen molar-refractivity contribution in [1.82, 2.24) is 15.1 Å². The Balaban J connectivity index is 1.85. The second-order valence-electron chi connectivity index (χ2n) is 8.27. The Morgan fingerprint density at radius 1 is 0.758 bits per heavy atom. The van der Waals surface area contributed by atoms with Gasteiger partial charge in [0.25, 0.3) is 0 Å². The molecule has 1 aliphatic heterocycles. The van der Waals surface area contributed by atoms with E-state index in [0.29, 0.717) is 11.3 Å². The molecule has 3 nitrogen and oxygen atoms in total. The third kappa shape index (κ3) is 5.19. The van der Waals surface area contributed by atoms with Crippen LogP contribution in [0.25, 0.3) is 22.4 Å². The van der Waals surface area contributed by atoms with E-state index in [0.717, 1.165) is 50.2 Å². The molecule has 0 radical (unpaired) electrons. The molecule has 2 aromatic carbocycles. The highest BCUT2D eigenvalue weighted by Crippen LogP contribution is 2.39. The molecule has 1 saturated heterocycles. The SMILES string of the molecule is CN1CCC(c2cc(-c3cccc(C(F)(F)F)c3)c(-c3cccc(C(F)(F)F)c3)nn2)CC1. The minimum absolute atomic E-state index is 0.0776. The number of hydrogen-bond donors (Lipinski definition) is 0. The molecule has 0 unspecified atom stereocenters. The van der Waals surface area contributed by atoms with Crippen LogP contribution < -0.4 is 0 Å². The molecular formula is C24H21F6N3. The molecule has 3 aromatic rings. The van der Waals surface area contributed by atoms with Crippen LogP contribution in [0.5, 0.6) is 0 Å². The van der Waals surface area contributed by atoms with E-state index in [9.17, 15) is 26.3 Å². The lowest BCUT2D eigenvalue weighted by Crippen LogP contribution is -2.29. The van der Waals surface area contributed by atoms with Gasteiger partial charge in [0.1, 0.15) is 5.69 Å². The zero-order valence-electron chi connectivity index (χ0n) is 17.7. The van der Waals surface area contributed by atoms with Gasteiger partial charge in [0.15, 0.2) is 0 Å². The van der Waals surface area contributed by atoms with E-state index in [4.69, 9.17) is 0 Å². The first-order valence-electron chi connectivity index (χ1n) is 10.4. The van der Waals surface area contributed by atoms with Gasteiger partial charge in [-0.15, -0.1) is 5.10 Å². The van der Waals surface area contributed by atoms with Gasteiger partial charge in [-0.05, 0) is 68.9 Å². The normalized spacial score (nSPS) is 16.2. The van der Waals surface area contributed by atoms with Gasteiger partial charge in [-0.2, -0.15) is 31.4 Å². The molecule has 1 aliphatic rings. The van der Waals surface area contributed by atoms with Crippen LogP contribution in [0.2, 0.25) is 0 Å². The van der Waals surface area contributed by atoms with Crippen molar-refractivity contribution in [3.05, 3.63) is 71.4 Å². The molecule has 0 amide bonds. The second-order valence-corrected chi connectivity index (χ2v) is 8.27. The van der Waals surface area contributed by atoms with Gasteiger partial charge in [0, 0.05) is 17.0 Å². The van der Waals surface area contributed by atoms with Crippen LogP contribution in [0.1, 0.15) is 35.6 Å². The maximum atomic E-state index is 13.3. The van der Waals surface area contributed by atoms with Crippen molar-refractivity contribution in [3.63, 3.8) is 0 Å². The zero-order valence-corrected chi connectivity index (χ0v) is 17.7. The predicted molar refractivity (Wildman–Crippen MR) is 112 cm³/mol. The average Bonchev–Trinajstić information content (AvgIpc) is 2.78. The summed E-state index contributed by atoms with van der Waals surface area (Å²) in [5.41, 5.74) is -0.280. The summed E-state index contributed by atoms with van der Waals surface area (Å²) in [4.78, 5) is 2.18. The van der Waals surface area contributed by atoms with E-state index in [1.54, 1.807) is 6.07 Å². The minimum atomic E-state index is -4.56. The van der Waals surface area contributed by atoms with Gasteiger partial charge >= 0.3 is 12.4 Å². The number of benzene rings is 2. The van der Waals surface area contributed by atoms with Crippen LogP contribution in [0, 0.1) is 0 Å². The topological polar surface area (TPSA) is 29.0 Å². The smallest absolute Gasteiger partial charge is 0.306 e. The van der Waals surface area contributed by atoms with Gasteiger partial charge in [-0.3, -0.25) is 0 Å². The van der Waals surface area contributed by atoms with Crippen LogP contribution in [0.4, 0.5) is 26.3 Å². The average molecular weight is 465 g/mol. The van der Waals surface area contributed by atoms with E-state index in [1.165, 1.54) is 24.3 Å². The number of piperidine rings is 1. The number of hydrogen-bond acceptors (Lipinski definition) is 3. The van der Waals surface area contributed by atoms with E-state index in [2.05, 4.69) is 15.1 Å². The summed E-state index contributed by atoms with van der Waals surface area (Å²) in [7, 11) is 2.01. The molecule has 4 rings (SSSR count). The van der Waals surface area contributed by atoms with Crippen molar-refractivity contribution < 1.29 is 26.3 Å². The summed E-state index contributed by atoms with van der Waals surface area (Å²) in [6.07, 6.45) is -7.48. The van der Waals surface area contributed by atoms with E-state index in [1.807, 2.05) is 7.05 Å². The van der Waals surface area contributed by atoms with Gasteiger partial charge in [0.2, 0.25) is 0 Å². The van der Waals surface area contributed by atoms with Crippen molar-refractivity contribution in [2.45, 2.75) is 31.1 Å². The molecule has 9 heteroatoms. The minimum Gasteiger partial charge on any atom is -0.306 e. The first-order chi connectivity index (χ1) is 15.5. The fourth-order valence-corrected chi connectivity index (χ4v) is 4.05. The summed E-state index contributed by atoms with van der Waals surface area (Å²) >= 11 is 0. The summed E-state index contributed by atoms with van der Waals surface area (Å²) in [6, 6.07) is 11.0. The maximum absolute atomic E-state index is 13.3. The van der Waals surface area contributed by atoms with Crippen molar-refractivity contribution in [1.29, 1.82) is 0 Å². The first kappa shape index (κ1) is 23.2. The fourth-order valence-electron chi connectivity index (χ4n) is 4.05. The molecule has 174 valence electrons. The van der Waals surface area contributed by atoms with Crippen LogP contribution in [0.15, 0.2) is 54.6 Å². The van der Waals surface area contributed by atoms with E-state index >= 15 is 0 Å². The Morgan fingerprint density at radius 2 is 1.30 bits per heavy atom. The number of alkyl halides is 6. The highest BCUT2D eigenvalue weighted by atomic mass is 19.4. The van der Waals surface area contributed by atoms with Gasteiger partial charge in [0.05, 0.1) is 16.8 Å². The largest absolute Gasteiger partial charge is 0.416 e. The summed E-state index contributed by atoms with van der Waals surface area (Å²) in [5.74, 6) is 0.0776. The quantitative estimate of drug-likeness (QED) is 0.405. The monoisotopic (exact) mass is 465 g/mol. The second kappa shape index (κ2) is 8.78. The highest BCUT2D eigenvalue weighted by Gasteiger charge is 2.32. The number of rotatable bonds is 3. The van der Waals surface area contributed by atoms with Gasteiger partial charge < -0.3 is 4.90 Å². The summed E-state index contributed by atoms with van der Waals surface area (Å²) < 4.78 is 79.8. The number of nitrogens with zero attached hydrogens (tertiary/aromatic N) is 3. The molecule has 0 spiro atoms. The third-order valence-corrected chi connectivity index (χ3v) is 5.91. The molecule has 2 heterocycles. The Labute approximate surface area is 187 Å². The molecule has 33 heavy (non-hydrogen) atoms. The van der Waals surface area contributed by atoms with Crippen molar-refractivity contribution >= 4 is 0 Å². The fraction of sp³-hybridized carbons (Fsp3) is 0.333. The summed E-state index contributed by atoms with van der Waals surface area (Å²) in [5, 5.41) is 8.50. The number of likely N-dealkylation sites (tertiary alicyclic amines) is 1. The molecule has 0 saturated carbocycles. The van der Waals surface area contributed by atoms with E-state index in [-0.39, 0.29) is 22.7 Å². The van der Waals surface area contributed by atoms with Crippen molar-refractivity contribution in [2.75, 3.05) is 20.1 Å². The molecule has 0 N–H and O–H groups in total. The van der Waals surface area contributed by atoms with Crippen LogP contribution in [-0.4, -0.2) is 35.2 Å². The lowest BCUT2D eigenvalue weighted by Gasteiger charge is -2.28. The lowest BCUT2D eigenvalue weighted by atomic mass is 9.90. The predicted octanol–water partition coefficient (Wildman–Crippen LogP) is 6.66. The van der Waals surface area contributed by atoms with Crippen molar-refractivity contribution in [2.24, 2.45) is 0 Å². The molecule has 0 bridgehead atoms. The number of halogens is 6. The van der Waals surface area contributed by atoms with Crippen LogP contribution in [-0.2, 0) is 12.4 Å². The Hall–Kier alpha value is -2.94. The Morgan fingerprint density at radius 3 is 1.88 bits per heavy atom. The van der Waals surface area contributed by atoms with Crippen molar-refractivity contribution in [3.8, 4) is 22.4 Å². The van der Waals surface area contributed by atoms with Gasteiger partial charge in [-0.1, -0.05) is 24.3 Å². The van der Waals surface area contributed by atoms with Gasteiger partial charge in [-0.25, -0.2) is 0 Å². The third-order valence-electron chi connectivity index (χ3n) is 5.91. The first-order valence-corrected chi connectivity index (χ1v) is 10.4. The molecule has 1 fully saturated rings. The maximum Gasteiger partial charge on any atom is 0.416 e. The highest BCUT2D eigenvalue weighted by molar-refractivity contribution is 5.81. The standard InChI is InChI=1S/C24H21F6N3/c1-33-10-8-15(9-11-33)21-14-20(16-4-2-6-18(12-16)23(25,26)27)22(32-31-21)17-5-3-7-19(13-17)24(28,29)30/h2-7,12-15H,8-11H2,1H3. The van der Waals surface area contributed by atoms with Crippen LogP contribution >= 0.6 is 0 Å².